The molecule has 0 aliphatic carbocycles. The fraction of sp³-hybridized carbons (Fsp3) is 0.333. The maximum absolute atomic E-state index is 8.85. The van der Waals surface area contributed by atoms with Gasteiger partial charge < -0.3 is 5.32 Å². The van der Waals surface area contributed by atoms with Crippen molar-refractivity contribution in [3.63, 3.8) is 0 Å². The summed E-state index contributed by atoms with van der Waals surface area (Å²) < 4.78 is 0. The van der Waals surface area contributed by atoms with E-state index in [9.17, 15) is 0 Å². The van der Waals surface area contributed by atoms with E-state index in [0.29, 0.717) is 11.4 Å². The number of pyridine rings is 1. The van der Waals surface area contributed by atoms with Crippen LogP contribution in [0.3, 0.4) is 0 Å². The monoisotopic (exact) mass is 199 g/mol. The lowest BCUT2D eigenvalue weighted by atomic mass is 10.1. The van der Waals surface area contributed by atoms with Crippen LogP contribution in [0.25, 0.3) is 0 Å². The number of rotatable bonds is 4. The van der Waals surface area contributed by atoms with Gasteiger partial charge in [-0.25, -0.2) is 4.98 Å². The van der Waals surface area contributed by atoms with Crippen molar-refractivity contribution in [1.82, 2.24) is 4.98 Å². The molecule has 1 heterocycles. The Morgan fingerprint density at radius 1 is 1.67 bits per heavy atom. The molecule has 1 atom stereocenters. The third-order valence-corrected chi connectivity index (χ3v) is 2.02. The first-order chi connectivity index (χ1) is 7.31. The molecule has 0 amide bonds. The Labute approximate surface area is 90.1 Å². The summed E-state index contributed by atoms with van der Waals surface area (Å²) in [5.74, 6) is 3.21. The van der Waals surface area contributed by atoms with Gasteiger partial charge in [-0.2, -0.15) is 5.26 Å². The van der Waals surface area contributed by atoms with E-state index in [2.05, 4.69) is 29.2 Å². The molecule has 0 saturated heterocycles. The van der Waals surface area contributed by atoms with Crippen LogP contribution in [0.15, 0.2) is 18.3 Å². The Bertz CT molecular complexity index is 398. The molecular weight excluding hydrogens is 186 g/mol. The van der Waals surface area contributed by atoms with Crippen LogP contribution in [-0.2, 0) is 0 Å². The van der Waals surface area contributed by atoms with Crippen molar-refractivity contribution in [3.05, 3.63) is 23.9 Å². The van der Waals surface area contributed by atoms with Gasteiger partial charge in [-0.3, -0.25) is 0 Å². The number of terminal acetylenes is 1. The lowest BCUT2D eigenvalue weighted by Gasteiger charge is -2.13. The zero-order chi connectivity index (χ0) is 11.1. The highest BCUT2D eigenvalue weighted by Crippen LogP contribution is 2.12. The molecule has 3 heteroatoms. The number of nitrogens with one attached hydrogen (secondary N) is 1. The molecule has 0 radical (unpaired) electrons. The molecule has 0 aliphatic rings. The first-order valence-electron chi connectivity index (χ1n) is 4.89. The molecule has 15 heavy (non-hydrogen) atoms. The zero-order valence-corrected chi connectivity index (χ0v) is 8.70. The Morgan fingerprint density at radius 2 is 2.47 bits per heavy atom. The molecule has 0 saturated carbocycles. The second kappa shape index (κ2) is 5.67. The first-order valence-corrected chi connectivity index (χ1v) is 4.89. The average molecular weight is 199 g/mol. The minimum atomic E-state index is -0.0583. The van der Waals surface area contributed by atoms with Crippen LogP contribution in [-0.4, -0.2) is 11.0 Å². The smallest absolute Gasteiger partial charge is 0.144 e. The van der Waals surface area contributed by atoms with Gasteiger partial charge in [0.2, 0.25) is 0 Å². The molecule has 0 spiro atoms. The van der Waals surface area contributed by atoms with Gasteiger partial charge in [-0.1, -0.05) is 19.3 Å². The summed E-state index contributed by atoms with van der Waals surface area (Å²) >= 11 is 0. The Balaban J connectivity index is 2.80. The summed E-state index contributed by atoms with van der Waals surface area (Å²) in [5, 5.41) is 11.9. The van der Waals surface area contributed by atoms with Gasteiger partial charge in [0.15, 0.2) is 0 Å². The van der Waals surface area contributed by atoms with Crippen molar-refractivity contribution in [2.24, 2.45) is 0 Å². The molecule has 0 aromatic carbocycles. The van der Waals surface area contributed by atoms with Crippen molar-refractivity contribution >= 4 is 5.82 Å². The number of aromatic nitrogens is 1. The minimum absolute atomic E-state index is 0.0583. The molecule has 76 valence electrons. The highest BCUT2D eigenvalue weighted by atomic mass is 15.0. The maximum Gasteiger partial charge on any atom is 0.144 e. The minimum Gasteiger partial charge on any atom is -0.355 e. The van der Waals surface area contributed by atoms with Crippen molar-refractivity contribution in [3.8, 4) is 18.4 Å². The highest BCUT2D eigenvalue weighted by Gasteiger charge is 2.07. The fourth-order valence-corrected chi connectivity index (χ4v) is 1.26. The van der Waals surface area contributed by atoms with Gasteiger partial charge in [0, 0.05) is 6.20 Å². The molecule has 0 fully saturated rings. The summed E-state index contributed by atoms with van der Waals surface area (Å²) in [6, 6.07) is 5.46. The van der Waals surface area contributed by atoms with Crippen LogP contribution >= 0.6 is 0 Å². The molecule has 1 aromatic rings. The van der Waals surface area contributed by atoms with Crippen LogP contribution < -0.4 is 5.32 Å². The topological polar surface area (TPSA) is 48.7 Å². The Hall–Kier alpha value is -2.00. The SMILES string of the molecule is C#CC(CCC)Nc1ncccc1C#N. The quantitative estimate of drug-likeness (QED) is 0.756. The van der Waals surface area contributed by atoms with Gasteiger partial charge in [-0.15, -0.1) is 6.42 Å². The zero-order valence-electron chi connectivity index (χ0n) is 8.70. The second-order valence-electron chi connectivity index (χ2n) is 3.16. The fourth-order valence-electron chi connectivity index (χ4n) is 1.26. The molecule has 1 aromatic heterocycles. The van der Waals surface area contributed by atoms with E-state index < -0.39 is 0 Å². The molecule has 0 aliphatic heterocycles. The van der Waals surface area contributed by atoms with Crippen LogP contribution in [0.4, 0.5) is 5.82 Å². The summed E-state index contributed by atoms with van der Waals surface area (Å²) in [6.45, 7) is 2.07. The lowest BCUT2D eigenvalue weighted by molar-refractivity contribution is 0.752. The Kier molecular flexibility index (Phi) is 4.19. The van der Waals surface area contributed by atoms with E-state index in [-0.39, 0.29) is 6.04 Å². The summed E-state index contributed by atoms with van der Waals surface area (Å²) in [7, 11) is 0. The van der Waals surface area contributed by atoms with Crippen LogP contribution in [0.1, 0.15) is 25.3 Å². The third-order valence-electron chi connectivity index (χ3n) is 2.02. The van der Waals surface area contributed by atoms with E-state index in [1.54, 1.807) is 18.3 Å². The standard InChI is InChI=1S/C12H13N3/c1-3-6-11(4-2)15-12-10(9-13)7-5-8-14-12/h2,5,7-8,11H,3,6H2,1H3,(H,14,15). The van der Waals surface area contributed by atoms with E-state index in [4.69, 9.17) is 11.7 Å². The van der Waals surface area contributed by atoms with Gasteiger partial charge >= 0.3 is 0 Å². The van der Waals surface area contributed by atoms with Crippen molar-refractivity contribution < 1.29 is 0 Å². The molecule has 1 rings (SSSR count). The van der Waals surface area contributed by atoms with E-state index in [0.717, 1.165) is 12.8 Å². The van der Waals surface area contributed by atoms with E-state index in [1.165, 1.54) is 0 Å². The van der Waals surface area contributed by atoms with Gasteiger partial charge in [-0.05, 0) is 18.6 Å². The highest BCUT2D eigenvalue weighted by molar-refractivity contribution is 5.52. The number of nitrogens with zero attached hydrogens (tertiary/aromatic N) is 2. The predicted molar refractivity (Wildman–Crippen MR) is 60.1 cm³/mol. The predicted octanol–water partition coefficient (Wildman–Crippen LogP) is 2.17. The summed E-state index contributed by atoms with van der Waals surface area (Å²) in [5.41, 5.74) is 0.522. The van der Waals surface area contributed by atoms with Gasteiger partial charge in [0.25, 0.3) is 0 Å². The first kappa shape index (κ1) is 11.1. The summed E-state index contributed by atoms with van der Waals surface area (Å²) in [6.07, 6.45) is 8.89. The van der Waals surface area contributed by atoms with Crippen LogP contribution in [0, 0.1) is 23.7 Å². The normalized spacial score (nSPS) is 11.1. The maximum atomic E-state index is 8.85. The van der Waals surface area contributed by atoms with E-state index in [1.807, 2.05) is 0 Å². The van der Waals surface area contributed by atoms with Crippen LogP contribution in [0.5, 0.6) is 0 Å². The third kappa shape index (κ3) is 3.00. The largest absolute Gasteiger partial charge is 0.355 e. The molecule has 3 nitrogen and oxygen atoms in total. The molecule has 1 N–H and O–H groups in total. The number of hydrogen-bond acceptors (Lipinski definition) is 3. The average Bonchev–Trinajstić information content (AvgIpc) is 2.29. The number of nitriles is 1. The molecule has 1 unspecified atom stereocenters. The Morgan fingerprint density at radius 3 is 3.07 bits per heavy atom. The van der Waals surface area contributed by atoms with Crippen LogP contribution in [0.2, 0.25) is 0 Å². The van der Waals surface area contributed by atoms with Crippen molar-refractivity contribution in [2.75, 3.05) is 5.32 Å². The molecule has 0 bridgehead atoms. The lowest BCUT2D eigenvalue weighted by Crippen LogP contribution is -2.18. The van der Waals surface area contributed by atoms with Crippen molar-refractivity contribution in [2.45, 2.75) is 25.8 Å². The van der Waals surface area contributed by atoms with Gasteiger partial charge in [0.1, 0.15) is 11.9 Å². The second-order valence-corrected chi connectivity index (χ2v) is 3.16. The van der Waals surface area contributed by atoms with Gasteiger partial charge in [0.05, 0.1) is 11.6 Å². The number of hydrogen-bond donors (Lipinski definition) is 1. The van der Waals surface area contributed by atoms with Crippen molar-refractivity contribution in [1.29, 1.82) is 5.26 Å². The number of anilines is 1. The van der Waals surface area contributed by atoms with E-state index >= 15 is 0 Å². The summed E-state index contributed by atoms with van der Waals surface area (Å²) in [4.78, 5) is 4.09. The molecular formula is C12H13N3.